The number of benzene rings is 3. The molecule has 190 valence electrons. The summed E-state index contributed by atoms with van der Waals surface area (Å²) in [5, 5.41) is 15.1. The summed E-state index contributed by atoms with van der Waals surface area (Å²) in [4.78, 5) is 25.3. The molecule has 2 amide bonds. The van der Waals surface area contributed by atoms with Crippen LogP contribution in [0.1, 0.15) is 32.9 Å². The Morgan fingerprint density at radius 1 is 0.946 bits per heavy atom. The third kappa shape index (κ3) is 6.37. The fraction of sp³-hybridized carbons (Fsp3) is 0.214. The van der Waals surface area contributed by atoms with Crippen LogP contribution in [0.5, 0.6) is 5.75 Å². The fourth-order valence-corrected chi connectivity index (χ4v) is 4.46. The molecule has 0 fully saturated rings. The van der Waals surface area contributed by atoms with Crippen molar-refractivity contribution in [2.75, 3.05) is 18.2 Å². The number of rotatable bonds is 9. The van der Waals surface area contributed by atoms with Gasteiger partial charge < -0.3 is 15.4 Å². The van der Waals surface area contributed by atoms with Crippen molar-refractivity contribution in [3.63, 3.8) is 0 Å². The Balaban J connectivity index is 1.53. The number of hydrogen-bond donors (Lipinski definition) is 2. The van der Waals surface area contributed by atoms with Gasteiger partial charge in [-0.3, -0.25) is 14.2 Å². The fourth-order valence-electron chi connectivity index (χ4n) is 3.70. The minimum atomic E-state index is -0.232. The van der Waals surface area contributed by atoms with Gasteiger partial charge in [0.25, 0.3) is 5.91 Å². The van der Waals surface area contributed by atoms with Gasteiger partial charge in [-0.05, 0) is 74.4 Å². The second kappa shape index (κ2) is 11.7. The number of methoxy groups -OCH3 is 1. The molecule has 4 rings (SSSR count). The number of amides is 2. The molecule has 0 unspecified atom stereocenters. The van der Waals surface area contributed by atoms with Crippen LogP contribution in [0.15, 0.2) is 71.9 Å². The summed E-state index contributed by atoms with van der Waals surface area (Å²) in [6.07, 6.45) is 0. The van der Waals surface area contributed by atoms with Crippen LogP contribution in [0, 0.1) is 20.8 Å². The van der Waals surface area contributed by atoms with Gasteiger partial charge in [0.2, 0.25) is 5.91 Å². The maximum absolute atomic E-state index is 12.7. The zero-order valence-corrected chi connectivity index (χ0v) is 22.1. The molecule has 0 bridgehead atoms. The quantitative estimate of drug-likeness (QED) is 0.309. The molecule has 2 N–H and O–H groups in total. The highest BCUT2D eigenvalue weighted by molar-refractivity contribution is 7.99. The van der Waals surface area contributed by atoms with Gasteiger partial charge in [-0.25, -0.2) is 0 Å². The number of anilines is 1. The van der Waals surface area contributed by atoms with E-state index < -0.39 is 0 Å². The number of carbonyl (C=O) groups is 2. The van der Waals surface area contributed by atoms with Gasteiger partial charge in [-0.2, -0.15) is 0 Å². The van der Waals surface area contributed by atoms with Crippen molar-refractivity contribution in [1.29, 1.82) is 0 Å². The van der Waals surface area contributed by atoms with Crippen molar-refractivity contribution >= 4 is 29.3 Å². The Hall–Kier alpha value is -4.11. The summed E-state index contributed by atoms with van der Waals surface area (Å²) in [6, 6.07) is 20.5. The average Bonchev–Trinajstić information content (AvgIpc) is 3.31. The van der Waals surface area contributed by atoms with E-state index in [2.05, 4.69) is 20.8 Å². The van der Waals surface area contributed by atoms with E-state index in [4.69, 9.17) is 4.74 Å². The lowest BCUT2D eigenvalue weighted by molar-refractivity contribution is -0.113. The second-order valence-corrected chi connectivity index (χ2v) is 9.51. The summed E-state index contributed by atoms with van der Waals surface area (Å²) in [7, 11) is 1.58. The van der Waals surface area contributed by atoms with Gasteiger partial charge in [-0.1, -0.05) is 41.6 Å². The minimum Gasteiger partial charge on any atom is -0.497 e. The molecule has 4 aromatic rings. The zero-order valence-electron chi connectivity index (χ0n) is 21.2. The van der Waals surface area contributed by atoms with Crippen LogP contribution >= 0.6 is 11.8 Å². The summed E-state index contributed by atoms with van der Waals surface area (Å²) < 4.78 is 7.06. The molecule has 1 aromatic heterocycles. The number of hydrogen-bond acceptors (Lipinski definition) is 6. The number of aromatic nitrogens is 3. The molecule has 0 aliphatic heterocycles. The van der Waals surface area contributed by atoms with Crippen LogP contribution in [-0.4, -0.2) is 39.4 Å². The topological polar surface area (TPSA) is 98.1 Å². The first-order chi connectivity index (χ1) is 17.9. The molecule has 0 radical (unpaired) electrons. The summed E-state index contributed by atoms with van der Waals surface area (Å²) in [6.45, 7) is 6.24. The van der Waals surface area contributed by atoms with Crippen LogP contribution in [0.2, 0.25) is 0 Å². The Labute approximate surface area is 220 Å². The van der Waals surface area contributed by atoms with E-state index in [-0.39, 0.29) is 24.1 Å². The summed E-state index contributed by atoms with van der Waals surface area (Å²) in [5.41, 5.74) is 5.47. The molecule has 0 saturated carbocycles. The molecular formula is C28H29N5O3S. The molecule has 0 aliphatic carbocycles. The highest BCUT2D eigenvalue weighted by atomic mass is 32.2. The van der Waals surface area contributed by atoms with E-state index in [0.29, 0.717) is 22.3 Å². The second-order valence-electron chi connectivity index (χ2n) is 8.57. The summed E-state index contributed by atoms with van der Waals surface area (Å²) in [5.74, 6) is 1.04. The van der Waals surface area contributed by atoms with Crippen LogP contribution < -0.4 is 15.4 Å². The maximum Gasteiger partial charge on any atom is 0.251 e. The van der Waals surface area contributed by atoms with E-state index in [1.54, 1.807) is 31.4 Å². The predicted molar refractivity (Wildman–Crippen MR) is 146 cm³/mol. The number of carbonyl (C=O) groups excluding carboxylic acids is 2. The molecule has 0 saturated heterocycles. The van der Waals surface area contributed by atoms with Gasteiger partial charge in [-0.15, -0.1) is 10.2 Å². The predicted octanol–water partition coefficient (Wildman–Crippen LogP) is 4.86. The van der Waals surface area contributed by atoms with Crippen LogP contribution in [-0.2, 0) is 11.3 Å². The maximum atomic E-state index is 12.7. The Bertz CT molecular complexity index is 1400. The van der Waals surface area contributed by atoms with E-state index in [9.17, 15) is 9.59 Å². The molecular weight excluding hydrogens is 486 g/mol. The first-order valence-corrected chi connectivity index (χ1v) is 12.8. The number of aryl methyl sites for hydroxylation is 2. The third-order valence-corrected chi connectivity index (χ3v) is 6.87. The largest absolute Gasteiger partial charge is 0.497 e. The molecule has 3 aromatic carbocycles. The summed E-state index contributed by atoms with van der Waals surface area (Å²) >= 11 is 1.29. The Kier molecular flexibility index (Phi) is 8.25. The van der Waals surface area contributed by atoms with Gasteiger partial charge in [0.05, 0.1) is 25.1 Å². The number of nitrogens with one attached hydrogen (secondary N) is 2. The first-order valence-electron chi connectivity index (χ1n) is 11.8. The lowest BCUT2D eigenvalue weighted by Gasteiger charge is -2.15. The van der Waals surface area contributed by atoms with E-state index in [0.717, 1.165) is 28.1 Å². The van der Waals surface area contributed by atoms with Crippen LogP contribution in [0.4, 0.5) is 5.69 Å². The average molecular weight is 516 g/mol. The van der Waals surface area contributed by atoms with E-state index in [1.165, 1.54) is 11.8 Å². The highest BCUT2D eigenvalue weighted by Crippen LogP contribution is 2.26. The van der Waals surface area contributed by atoms with Crippen LogP contribution in [0.25, 0.3) is 5.69 Å². The number of nitrogens with zero attached hydrogens (tertiary/aromatic N) is 3. The van der Waals surface area contributed by atoms with Crippen LogP contribution in [0.3, 0.4) is 0 Å². The molecule has 9 heteroatoms. The van der Waals surface area contributed by atoms with Gasteiger partial charge in [0.15, 0.2) is 11.0 Å². The third-order valence-electron chi connectivity index (χ3n) is 5.94. The molecule has 37 heavy (non-hydrogen) atoms. The molecule has 8 nitrogen and oxygen atoms in total. The normalized spacial score (nSPS) is 10.7. The SMILES string of the molecule is COc1ccc(C(=O)NCc2nnc(SCC(=O)Nc3ccc(C)cc3)n2-c2cccc(C)c2C)cc1. The number of ether oxygens (including phenoxy) is 1. The Morgan fingerprint density at radius 3 is 2.38 bits per heavy atom. The van der Waals surface area contributed by atoms with Crippen molar-refractivity contribution in [2.45, 2.75) is 32.5 Å². The van der Waals surface area contributed by atoms with Crippen molar-refractivity contribution in [3.05, 3.63) is 94.8 Å². The van der Waals surface area contributed by atoms with Crippen molar-refractivity contribution < 1.29 is 14.3 Å². The van der Waals surface area contributed by atoms with Gasteiger partial charge in [0.1, 0.15) is 5.75 Å². The van der Waals surface area contributed by atoms with Crippen molar-refractivity contribution in [2.24, 2.45) is 0 Å². The van der Waals surface area contributed by atoms with Gasteiger partial charge in [0, 0.05) is 11.3 Å². The molecule has 1 heterocycles. The Morgan fingerprint density at radius 2 is 1.68 bits per heavy atom. The lowest BCUT2D eigenvalue weighted by Crippen LogP contribution is -2.24. The smallest absolute Gasteiger partial charge is 0.251 e. The monoisotopic (exact) mass is 515 g/mol. The van der Waals surface area contributed by atoms with E-state index >= 15 is 0 Å². The lowest BCUT2D eigenvalue weighted by atomic mass is 10.1. The highest BCUT2D eigenvalue weighted by Gasteiger charge is 2.19. The number of thioether (sulfide) groups is 1. The minimum absolute atomic E-state index is 0.140. The van der Waals surface area contributed by atoms with Crippen molar-refractivity contribution in [3.8, 4) is 11.4 Å². The van der Waals surface area contributed by atoms with Crippen molar-refractivity contribution in [1.82, 2.24) is 20.1 Å². The standard InChI is InChI=1S/C28H29N5O3S/c1-18-8-12-22(13-9-18)30-26(34)17-37-28-32-31-25(33(28)24-7-5-6-19(2)20(24)3)16-29-27(35)21-10-14-23(36-4)15-11-21/h5-15H,16-17H2,1-4H3,(H,29,35)(H,30,34). The van der Waals surface area contributed by atoms with E-state index in [1.807, 2.05) is 67.8 Å². The first kappa shape index (κ1) is 26.0. The van der Waals surface area contributed by atoms with Gasteiger partial charge >= 0.3 is 0 Å². The molecule has 0 aliphatic rings. The molecule has 0 atom stereocenters. The zero-order chi connectivity index (χ0) is 26.4. The molecule has 0 spiro atoms.